The van der Waals surface area contributed by atoms with Crippen molar-refractivity contribution in [3.05, 3.63) is 41.2 Å². The molecule has 1 N–H and O–H groups in total. The fourth-order valence-corrected chi connectivity index (χ4v) is 2.32. The van der Waals surface area contributed by atoms with Crippen LogP contribution < -0.4 is 10.1 Å². The maximum Gasteiger partial charge on any atom is 0.338 e. The van der Waals surface area contributed by atoms with Gasteiger partial charge < -0.3 is 14.8 Å². The summed E-state index contributed by atoms with van der Waals surface area (Å²) in [6.45, 7) is 7.62. The molecule has 1 atom stereocenters. The lowest BCUT2D eigenvalue weighted by molar-refractivity contribution is -0.123. The number of anilines is 1. The van der Waals surface area contributed by atoms with Gasteiger partial charge in [0.1, 0.15) is 5.75 Å². The standard InChI is InChI=1S/C18H23N3O4/c1-6-24-15-9-7-14(8-10-15)18(23)25-13(4)17(22)19-16-11(2)20-21(5)12(16)3/h7-10,13H,6H2,1-5H3,(H,19,22)/t13-/m1/s1. The van der Waals surface area contributed by atoms with Gasteiger partial charge in [-0.2, -0.15) is 5.10 Å². The highest BCUT2D eigenvalue weighted by Gasteiger charge is 2.21. The van der Waals surface area contributed by atoms with E-state index >= 15 is 0 Å². The van der Waals surface area contributed by atoms with E-state index in [-0.39, 0.29) is 0 Å². The van der Waals surface area contributed by atoms with Crippen LogP contribution in [0.1, 0.15) is 35.6 Å². The molecule has 2 rings (SSSR count). The lowest BCUT2D eigenvalue weighted by Gasteiger charge is -2.14. The van der Waals surface area contributed by atoms with Gasteiger partial charge >= 0.3 is 5.97 Å². The molecule has 1 aromatic carbocycles. The maximum absolute atomic E-state index is 12.3. The predicted molar refractivity (Wildman–Crippen MR) is 93.8 cm³/mol. The lowest BCUT2D eigenvalue weighted by Crippen LogP contribution is -2.30. The molecule has 0 bridgehead atoms. The molecule has 1 heterocycles. The smallest absolute Gasteiger partial charge is 0.338 e. The van der Waals surface area contributed by atoms with Crippen LogP contribution in [0, 0.1) is 13.8 Å². The molecule has 25 heavy (non-hydrogen) atoms. The van der Waals surface area contributed by atoms with Gasteiger partial charge in [0, 0.05) is 7.05 Å². The minimum absolute atomic E-state index is 0.358. The van der Waals surface area contributed by atoms with Crippen LogP contribution in [0.3, 0.4) is 0 Å². The maximum atomic E-state index is 12.3. The average molecular weight is 345 g/mol. The number of aromatic nitrogens is 2. The van der Waals surface area contributed by atoms with Crippen LogP contribution >= 0.6 is 0 Å². The number of rotatable bonds is 6. The molecule has 1 aromatic heterocycles. The fourth-order valence-electron chi connectivity index (χ4n) is 2.32. The number of amides is 1. The average Bonchev–Trinajstić information content (AvgIpc) is 2.82. The quantitative estimate of drug-likeness (QED) is 0.814. The van der Waals surface area contributed by atoms with Crippen molar-refractivity contribution in [3.8, 4) is 5.75 Å². The van der Waals surface area contributed by atoms with E-state index in [9.17, 15) is 9.59 Å². The Morgan fingerprint density at radius 3 is 2.40 bits per heavy atom. The van der Waals surface area contributed by atoms with Gasteiger partial charge in [-0.3, -0.25) is 9.48 Å². The summed E-state index contributed by atoms with van der Waals surface area (Å²) in [7, 11) is 1.80. The Labute approximate surface area is 146 Å². The van der Waals surface area contributed by atoms with E-state index in [1.807, 2.05) is 13.8 Å². The zero-order valence-corrected chi connectivity index (χ0v) is 15.1. The molecule has 0 aliphatic heterocycles. The largest absolute Gasteiger partial charge is 0.494 e. The van der Waals surface area contributed by atoms with E-state index in [2.05, 4.69) is 10.4 Å². The van der Waals surface area contributed by atoms with Gasteiger partial charge in [-0.05, 0) is 52.0 Å². The number of carbonyl (C=O) groups excluding carboxylic acids is 2. The number of nitrogens with zero attached hydrogens (tertiary/aromatic N) is 2. The number of carbonyl (C=O) groups is 2. The molecule has 0 radical (unpaired) electrons. The molecule has 134 valence electrons. The fraction of sp³-hybridized carbons (Fsp3) is 0.389. The first kappa shape index (κ1) is 18.5. The molecule has 1 amide bonds. The third-order valence-corrected chi connectivity index (χ3v) is 3.81. The highest BCUT2D eigenvalue weighted by molar-refractivity contribution is 5.98. The SMILES string of the molecule is CCOc1ccc(C(=O)O[C@H](C)C(=O)Nc2c(C)nn(C)c2C)cc1. The highest BCUT2D eigenvalue weighted by Crippen LogP contribution is 2.19. The van der Waals surface area contributed by atoms with Crippen LogP contribution in [0.5, 0.6) is 5.75 Å². The Morgan fingerprint density at radius 2 is 1.88 bits per heavy atom. The van der Waals surface area contributed by atoms with Crippen molar-refractivity contribution >= 4 is 17.6 Å². The van der Waals surface area contributed by atoms with E-state index < -0.39 is 18.0 Å². The third-order valence-electron chi connectivity index (χ3n) is 3.81. The Balaban J connectivity index is 1.99. The van der Waals surface area contributed by atoms with Crippen molar-refractivity contribution in [1.29, 1.82) is 0 Å². The Hall–Kier alpha value is -2.83. The van der Waals surface area contributed by atoms with Gasteiger partial charge in [0.15, 0.2) is 6.10 Å². The summed E-state index contributed by atoms with van der Waals surface area (Å²) >= 11 is 0. The number of benzene rings is 1. The van der Waals surface area contributed by atoms with Gasteiger partial charge in [0.2, 0.25) is 0 Å². The van der Waals surface area contributed by atoms with Gasteiger partial charge in [0.05, 0.1) is 29.2 Å². The van der Waals surface area contributed by atoms with Crippen molar-refractivity contribution in [1.82, 2.24) is 9.78 Å². The number of hydrogen-bond acceptors (Lipinski definition) is 5. The first-order chi connectivity index (χ1) is 11.8. The molecule has 0 saturated carbocycles. The second-order valence-corrected chi connectivity index (χ2v) is 5.66. The van der Waals surface area contributed by atoms with Crippen LogP contribution in [0.2, 0.25) is 0 Å². The van der Waals surface area contributed by atoms with E-state index in [0.29, 0.717) is 29.3 Å². The molecule has 0 aliphatic carbocycles. The second-order valence-electron chi connectivity index (χ2n) is 5.66. The summed E-state index contributed by atoms with van der Waals surface area (Å²) in [5.74, 6) is -0.295. The summed E-state index contributed by atoms with van der Waals surface area (Å²) in [5, 5.41) is 7.00. The molecular weight excluding hydrogens is 322 g/mol. The zero-order valence-electron chi connectivity index (χ0n) is 15.1. The molecule has 7 nitrogen and oxygen atoms in total. The molecule has 0 fully saturated rings. The Kier molecular flexibility index (Phi) is 5.80. The Morgan fingerprint density at radius 1 is 1.24 bits per heavy atom. The minimum atomic E-state index is -0.932. The number of ether oxygens (including phenoxy) is 2. The summed E-state index contributed by atoms with van der Waals surface area (Å²) in [6.07, 6.45) is -0.932. The van der Waals surface area contributed by atoms with Crippen molar-refractivity contribution in [3.63, 3.8) is 0 Å². The number of nitrogens with one attached hydrogen (secondary N) is 1. The lowest BCUT2D eigenvalue weighted by atomic mass is 10.2. The van der Waals surface area contributed by atoms with Crippen molar-refractivity contribution in [2.75, 3.05) is 11.9 Å². The topological polar surface area (TPSA) is 82.4 Å². The van der Waals surface area contributed by atoms with Crippen LogP contribution in [0.15, 0.2) is 24.3 Å². The highest BCUT2D eigenvalue weighted by atomic mass is 16.5. The normalized spacial score (nSPS) is 11.7. The van der Waals surface area contributed by atoms with Crippen LogP contribution in [-0.2, 0) is 16.6 Å². The first-order valence-corrected chi connectivity index (χ1v) is 8.08. The molecule has 0 aliphatic rings. The van der Waals surface area contributed by atoms with E-state index in [1.54, 1.807) is 42.9 Å². The van der Waals surface area contributed by atoms with Crippen LogP contribution in [-0.4, -0.2) is 34.4 Å². The Bertz CT molecular complexity index is 765. The molecule has 7 heteroatoms. The molecular formula is C18H23N3O4. The number of aryl methyl sites for hydroxylation is 2. The van der Waals surface area contributed by atoms with Gasteiger partial charge in [0.25, 0.3) is 5.91 Å². The van der Waals surface area contributed by atoms with Gasteiger partial charge in [-0.25, -0.2) is 4.79 Å². The van der Waals surface area contributed by atoms with E-state index in [1.165, 1.54) is 6.92 Å². The summed E-state index contributed by atoms with van der Waals surface area (Å²) < 4.78 is 12.2. The zero-order chi connectivity index (χ0) is 18.6. The number of hydrogen-bond donors (Lipinski definition) is 1. The number of esters is 1. The third kappa shape index (κ3) is 4.37. The monoisotopic (exact) mass is 345 g/mol. The van der Waals surface area contributed by atoms with E-state index in [4.69, 9.17) is 9.47 Å². The van der Waals surface area contributed by atoms with Crippen molar-refractivity contribution < 1.29 is 19.1 Å². The predicted octanol–water partition coefficient (Wildman–Crippen LogP) is 2.62. The first-order valence-electron chi connectivity index (χ1n) is 8.08. The summed E-state index contributed by atoms with van der Waals surface area (Å²) in [6, 6.07) is 6.58. The summed E-state index contributed by atoms with van der Waals surface area (Å²) in [4.78, 5) is 24.4. The van der Waals surface area contributed by atoms with Crippen molar-refractivity contribution in [2.45, 2.75) is 33.8 Å². The second kappa shape index (κ2) is 7.83. The molecule has 2 aromatic rings. The molecule has 0 unspecified atom stereocenters. The molecule has 0 spiro atoms. The van der Waals surface area contributed by atoms with Crippen LogP contribution in [0.25, 0.3) is 0 Å². The van der Waals surface area contributed by atoms with Crippen molar-refractivity contribution in [2.24, 2.45) is 7.05 Å². The van der Waals surface area contributed by atoms with Gasteiger partial charge in [-0.15, -0.1) is 0 Å². The molecule has 0 saturated heterocycles. The summed E-state index contributed by atoms with van der Waals surface area (Å²) in [5.41, 5.74) is 2.53. The van der Waals surface area contributed by atoms with Gasteiger partial charge in [-0.1, -0.05) is 0 Å². The minimum Gasteiger partial charge on any atom is -0.494 e. The van der Waals surface area contributed by atoms with Crippen LogP contribution in [0.4, 0.5) is 5.69 Å². The van der Waals surface area contributed by atoms with E-state index in [0.717, 1.165) is 5.69 Å².